The van der Waals surface area contributed by atoms with Gasteiger partial charge in [0.15, 0.2) is 0 Å². The molecule has 10 heteroatoms. The molecular weight excluding hydrogens is 438 g/mol. The van der Waals surface area contributed by atoms with E-state index in [4.69, 9.17) is 34.8 Å². The van der Waals surface area contributed by atoms with Crippen molar-refractivity contribution in [2.24, 2.45) is 0 Å². The normalized spacial score (nSPS) is 15.8. The van der Waals surface area contributed by atoms with Crippen LogP contribution in [-0.2, 0) is 10.0 Å². The number of sulfonamides is 1. The zero-order valence-electron chi connectivity index (χ0n) is 13.8. The van der Waals surface area contributed by atoms with Crippen LogP contribution >= 0.6 is 34.8 Å². The van der Waals surface area contributed by atoms with Gasteiger partial charge in [0.2, 0.25) is 10.0 Å². The number of carbonyl (C=O) groups excluding carboxylic acids is 1. The number of piperazine rings is 1. The molecule has 0 unspecified atom stereocenters. The van der Waals surface area contributed by atoms with Gasteiger partial charge in [-0.15, -0.1) is 0 Å². The second-order valence-electron chi connectivity index (χ2n) is 5.87. The zero-order chi connectivity index (χ0) is 19.8. The van der Waals surface area contributed by atoms with Crippen molar-refractivity contribution in [1.29, 1.82) is 0 Å². The number of rotatable bonds is 3. The summed E-state index contributed by atoms with van der Waals surface area (Å²) in [6, 6.07) is 8.34. The standard InChI is InChI=1S/C17H14Cl3FN2O3S/c18-12-3-1-2-4-16(12)27(25,26)23-7-5-22(6-8-23)17(24)11-9-15(21)14(20)10-13(11)19/h1-4,9-10H,5-8H2. The molecule has 0 N–H and O–H groups in total. The van der Waals surface area contributed by atoms with Gasteiger partial charge >= 0.3 is 0 Å². The van der Waals surface area contributed by atoms with E-state index in [1.54, 1.807) is 12.1 Å². The van der Waals surface area contributed by atoms with Gasteiger partial charge in [0, 0.05) is 26.2 Å². The quantitative estimate of drug-likeness (QED) is 0.664. The van der Waals surface area contributed by atoms with E-state index in [-0.39, 0.29) is 51.7 Å². The molecule has 3 rings (SSSR count). The summed E-state index contributed by atoms with van der Waals surface area (Å²) in [6.45, 7) is 0.464. The minimum atomic E-state index is -3.77. The van der Waals surface area contributed by atoms with Gasteiger partial charge in [0.1, 0.15) is 10.7 Å². The summed E-state index contributed by atoms with van der Waals surface area (Å²) in [6.07, 6.45) is 0. The third-order valence-corrected chi connectivity index (χ3v) is 7.22. The Hall–Kier alpha value is -1.38. The lowest BCUT2D eigenvalue weighted by Gasteiger charge is -2.34. The predicted molar refractivity (Wildman–Crippen MR) is 103 cm³/mol. The van der Waals surface area contributed by atoms with Gasteiger partial charge in [-0.1, -0.05) is 46.9 Å². The first-order chi connectivity index (χ1) is 12.7. The summed E-state index contributed by atoms with van der Waals surface area (Å²) in [5.41, 5.74) is -0.0130. The highest BCUT2D eigenvalue weighted by Crippen LogP contribution is 2.27. The van der Waals surface area contributed by atoms with Gasteiger partial charge < -0.3 is 4.90 Å². The smallest absolute Gasteiger partial charge is 0.255 e. The fraction of sp³-hybridized carbons (Fsp3) is 0.235. The molecule has 0 spiro atoms. The number of hydrogen-bond donors (Lipinski definition) is 0. The summed E-state index contributed by atoms with van der Waals surface area (Å²) in [5, 5.41) is 0.00384. The van der Waals surface area contributed by atoms with Gasteiger partial charge in [-0.3, -0.25) is 4.79 Å². The van der Waals surface area contributed by atoms with Gasteiger partial charge in [0.05, 0.1) is 20.6 Å². The van der Waals surface area contributed by atoms with Crippen LogP contribution in [0.2, 0.25) is 15.1 Å². The topological polar surface area (TPSA) is 57.7 Å². The molecule has 0 radical (unpaired) electrons. The minimum Gasteiger partial charge on any atom is -0.336 e. The Labute approximate surface area is 171 Å². The van der Waals surface area contributed by atoms with Crippen molar-refractivity contribution >= 4 is 50.7 Å². The van der Waals surface area contributed by atoms with Crippen molar-refractivity contribution < 1.29 is 17.6 Å². The average molecular weight is 452 g/mol. The molecule has 1 saturated heterocycles. The zero-order valence-corrected chi connectivity index (χ0v) is 16.9. The second-order valence-corrected chi connectivity index (χ2v) is 9.00. The van der Waals surface area contributed by atoms with Crippen LogP contribution in [0.3, 0.4) is 0 Å². The first-order valence-corrected chi connectivity index (χ1v) is 10.5. The van der Waals surface area contributed by atoms with Gasteiger partial charge in [0.25, 0.3) is 5.91 Å². The molecule has 1 aliphatic heterocycles. The first kappa shape index (κ1) is 20.4. The van der Waals surface area contributed by atoms with Crippen LogP contribution in [0.1, 0.15) is 10.4 Å². The molecule has 0 atom stereocenters. The van der Waals surface area contributed by atoms with E-state index < -0.39 is 21.7 Å². The van der Waals surface area contributed by atoms with Crippen LogP contribution in [0.25, 0.3) is 0 Å². The lowest BCUT2D eigenvalue weighted by molar-refractivity contribution is 0.0697. The summed E-state index contributed by atoms with van der Waals surface area (Å²) in [4.78, 5) is 14.1. The predicted octanol–water partition coefficient (Wildman–Crippen LogP) is 3.93. The maximum Gasteiger partial charge on any atom is 0.255 e. The van der Waals surface area contributed by atoms with Crippen LogP contribution in [0.5, 0.6) is 0 Å². The van der Waals surface area contributed by atoms with Crippen molar-refractivity contribution in [1.82, 2.24) is 9.21 Å². The van der Waals surface area contributed by atoms with Gasteiger partial charge in [-0.2, -0.15) is 4.31 Å². The van der Waals surface area contributed by atoms with E-state index in [0.717, 1.165) is 6.07 Å². The van der Waals surface area contributed by atoms with Gasteiger partial charge in [-0.05, 0) is 24.3 Å². The molecule has 27 heavy (non-hydrogen) atoms. The largest absolute Gasteiger partial charge is 0.336 e. The van der Waals surface area contributed by atoms with Crippen molar-refractivity contribution in [3.8, 4) is 0 Å². The molecule has 0 saturated carbocycles. The third kappa shape index (κ3) is 4.07. The summed E-state index contributed by atoms with van der Waals surface area (Å²) >= 11 is 17.6. The summed E-state index contributed by atoms with van der Waals surface area (Å²) in [7, 11) is -3.77. The van der Waals surface area contributed by atoms with Crippen LogP contribution in [-0.4, -0.2) is 49.7 Å². The molecule has 1 heterocycles. The highest BCUT2D eigenvalue weighted by Gasteiger charge is 2.32. The Bertz CT molecular complexity index is 993. The molecule has 1 aliphatic rings. The van der Waals surface area contributed by atoms with Crippen LogP contribution < -0.4 is 0 Å². The number of benzene rings is 2. The number of amides is 1. The van der Waals surface area contributed by atoms with E-state index in [1.807, 2.05) is 0 Å². The Morgan fingerprint density at radius 2 is 1.56 bits per heavy atom. The van der Waals surface area contributed by atoms with Crippen LogP contribution in [0.4, 0.5) is 4.39 Å². The molecular formula is C17H14Cl3FN2O3S. The fourth-order valence-corrected chi connectivity index (χ4v) is 5.16. The van der Waals surface area contributed by atoms with Crippen LogP contribution in [0, 0.1) is 5.82 Å². The molecule has 5 nitrogen and oxygen atoms in total. The average Bonchev–Trinajstić information content (AvgIpc) is 2.64. The molecule has 2 aromatic carbocycles. The molecule has 1 amide bonds. The van der Waals surface area contributed by atoms with E-state index in [9.17, 15) is 17.6 Å². The van der Waals surface area contributed by atoms with Gasteiger partial charge in [-0.25, -0.2) is 12.8 Å². The summed E-state index contributed by atoms with van der Waals surface area (Å²) < 4.78 is 40.4. The highest BCUT2D eigenvalue weighted by molar-refractivity contribution is 7.89. The minimum absolute atomic E-state index is 0.0130. The number of carbonyl (C=O) groups is 1. The molecule has 0 aromatic heterocycles. The molecule has 1 fully saturated rings. The van der Waals surface area contributed by atoms with E-state index >= 15 is 0 Å². The van der Waals surface area contributed by atoms with Crippen LogP contribution in [0.15, 0.2) is 41.3 Å². The maximum atomic E-state index is 13.7. The number of halogens is 4. The fourth-order valence-electron chi connectivity index (χ4n) is 2.78. The lowest BCUT2D eigenvalue weighted by atomic mass is 10.1. The molecule has 2 aromatic rings. The SMILES string of the molecule is O=C(c1cc(F)c(Cl)cc1Cl)N1CCN(S(=O)(=O)c2ccccc2Cl)CC1. The second kappa shape index (κ2) is 7.93. The Balaban J connectivity index is 1.75. The summed E-state index contributed by atoms with van der Waals surface area (Å²) in [5.74, 6) is -1.23. The Morgan fingerprint density at radius 3 is 2.19 bits per heavy atom. The number of nitrogens with zero attached hydrogens (tertiary/aromatic N) is 2. The highest BCUT2D eigenvalue weighted by atomic mass is 35.5. The molecule has 144 valence electrons. The van der Waals surface area contributed by atoms with E-state index in [1.165, 1.54) is 27.4 Å². The lowest BCUT2D eigenvalue weighted by Crippen LogP contribution is -2.50. The first-order valence-electron chi connectivity index (χ1n) is 7.90. The van der Waals surface area contributed by atoms with E-state index in [2.05, 4.69) is 0 Å². The van der Waals surface area contributed by atoms with E-state index in [0.29, 0.717) is 0 Å². The Kier molecular flexibility index (Phi) is 5.98. The monoisotopic (exact) mass is 450 g/mol. The third-order valence-electron chi connectivity index (χ3n) is 4.22. The molecule has 0 aliphatic carbocycles. The molecule has 0 bridgehead atoms. The number of hydrogen-bond acceptors (Lipinski definition) is 3. The van der Waals surface area contributed by atoms with Crippen molar-refractivity contribution in [2.75, 3.05) is 26.2 Å². The van der Waals surface area contributed by atoms with Crippen molar-refractivity contribution in [3.63, 3.8) is 0 Å². The van der Waals surface area contributed by atoms with Crippen molar-refractivity contribution in [3.05, 3.63) is 62.8 Å². The van der Waals surface area contributed by atoms with Crippen molar-refractivity contribution in [2.45, 2.75) is 4.90 Å². The maximum absolute atomic E-state index is 13.7. The Morgan fingerprint density at radius 1 is 0.926 bits per heavy atom.